The van der Waals surface area contributed by atoms with Crippen LogP contribution in [0.25, 0.3) is 0 Å². The van der Waals surface area contributed by atoms with Crippen molar-refractivity contribution < 1.29 is 14.2 Å². The molecule has 2 aromatic rings. The summed E-state index contributed by atoms with van der Waals surface area (Å²) in [4.78, 5) is 4.09. The maximum absolute atomic E-state index is 13.8. The second-order valence-electron chi connectivity index (χ2n) is 4.55. The third kappa shape index (κ3) is 3.33. The molecule has 0 spiro atoms. The van der Waals surface area contributed by atoms with Crippen LogP contribution < -0.4 is 4.74 Å². The van der Waals surface area contributed by atoms with Crippen molar-refractivity contribution in [3.8, 4) is 5.75 Å². The van der Waals surface area contributed by atoms with Crippen LogP contribution in [0.15, 0.2) is 24.5 Å². The first-order chi connectivity index (χ1) is 9.61. The third-order valence-corrected chi connectivity index (χ3v) is 2.93. The average molecular weight is 279 g/mol. The van der Waals surface area contributed by atoms with E-state index >= 15 is 0 Å². The van der Waals surface area contributed by atoms with Gasteiger partial charge in [-0.25, -0.2) is 14.1 Å². The van der Waals surface area contributed by atoms with Gasteiger partial charge >= 0.3 is 0 Å². The number of aromatic nitrogens is 3. The third-order valence-electron chi connectivity index (χ3n) is 2.93. The number of hydrogen-bond acceptors (Lipinski definition) is 4. The number of nitrogens with zero attached hydrogens (tertiary/aromatic N) is 3. The summed E-state index contributed by atoms with van der Waals surface area (Å²) >= 11 is 0. The van der Waals surface area contributed by atoms with Gasteiger partial charge < -0.3 is 9.84 Å². The minimum atomic E-state index is -0.703. The standard InChI is InChI=1S/C14H18FN3O2/c1-3-6-18-14(16-9-17-18)8-20-13-5-4-11(10(2)19)7-12(13)15/h4-5,7,9-10,19H,3,6,8H2,1-2H3/t10-/m0/s1. The first-order valence-corrected chi connectivity index (χ1v) is 6.58. The van der Waals surface area contributed by atoms with Crippen LogP contribution in [0.3, 0.4) is 0 Å². The smallest absolute Gasteiger partial charge is 0.165 e. The Bertz CT molecular complexity index is 569. The molecule has 0 aliphatic carbocycles. The van der Waals surface area contributed by atoms with E-state index in [0.717, 1.165) is 13.0 Å². The van der Waals surface area contributed by atoms with Crippen molar-refractivity contribution in [2.24, 2.45) is 0 Å². The normalized spacial score (nSPS) is 12.4. The molecule has 1 heterocycles. The molecule has 108 valence electrons. The van der Waals surface area contributed by atoms with Gasteiger partial charge in [0.05, 0.1) is 6.10 Å². The monoisotopic (exact) mass is 279 g/mol. The van der Waals surface area contributed by atoms with Gasteiger partial charge in [-0.3, -0.25) is 0 Å². The topological polar surface area (TPSA) is 60.2 Å². The number of rotatable bonds is 6. The summed E-state index contributed by atoms with van der Waals surface area (Å²) in [6.45, 7) is 4.54. The molecule has 5 nitrogen and oxygen atoms in total. The highest BCUT2D eigenvalue weighted by Crippen LogP contribution is 2.22. The van der Waals surface area contributed by atoms with Crippen LogP contribution in [0.5, 0.6) is 5.75 Å². The highest BCUT2D eigenvalue weighted by molar-refractivity contribution is 5.30. The Morgan fingerprint density at radius 1 is 1.45 bits per heavy atom. The summed E-state index contributed by atoms with van der Waals surface area (Å²) in [7, 11) is 0. The predicted molar refractivity (Wildman–Crippen MR) is 71.7 cm³/mol. The lowest BCUT2D eigenvalue weighted by Crippen LogP contribution is -2.09. The Morgan fingerprint density at radius 2 is 2.25 bits per heavy atom. The quantitative estimate of drug-likeness (QED) is 0.882. The van der Waals surface area contributed by atoms with Crippen molar-refractivity contribution >= 4 is 0 Å². The molecule has 0 bridgehead atoms. The maximum Gasteiger partial charge on any atom is 0.165 e. The molecule has 0 aliphatic heterocycles. The molecular weight excluding hydrogens is 261 g/mol. The van der Waals surface area contributed by atoms with Crippen molar-refractivity contribution in [3.05, 3.63) is 41.7 Å². The fourth-order valence-electron chi connectivity index (χ4n) is 1.83. The Kier molecular flexibility index (Phi) is 4.68. The first-order valence-electron chi connectivity index (χ1n) is 6.58. The molecule has 0 radical (unpaired) electrons. The highest BCUT2D eigenvalue weighted by Gasteiger charge is 2.10. The number of hydrogen-bond donors (Lipinski definition) is 1. The Balaban J connectivity index is 2.05. The van der Waals surface area contributed by atoms with Gasteiger partial charge in [-0.2, -0.15) is 5.10 Å². The lowest BCUT2D eigenvalue weighted by molar-refractivity contribution is 0.198. The zero-order chi connectivity index (χ0) is 14.5. The van der Waals surface area contributed by atoms with E-state index in [1.54, 1.807) is 17.7 Å². The van der Waals surface area contributed by atoms with Crippen LogP contribution in [0.1, 0.15) is 37.8 Å². The van der Waals surface area contributed by atoms with Gasteiger partial charge in [0, 0.05) is 6.54 Å². The molecule has 1 aromatic carbocycles. The Labute approximate surface area is 117 Å². The summed E-state index contributed by atoms with van der Waals surface area (Å²) in [6.07, 6.45) is 1.70. The van der Waals surface area contributed by atoms with E-state index in [-0.39, 0.29) is 12.4 Å². The highest BCUT2D eigenvalue weighted by atomic mass is 19.1. The van der Waals surface area contributed by atoms with Crippen molar-refractivity contribution in [1.29, 1.82) is 0 Å². The molecule has 0 aliphatic rings. The maximum atomic E-state index is 13.8. The number of aliphatic hydroxyl groups excluding tert-OH is 1. The van der Waals surface area contributed by atoms with Gasteiger partial charge in [0.1, 0.15) is 12.9 Å². The molecule has 2 rings (SSSR count). The summed E-state index contributed by atoms with van der Waals surface area (Å²) in [5.41, 5.74) is 0.518. The van der Waals surface area contributed by atoms with E-state index in [1.807, 2.05) is 6.92 Å². The number of aryl methyl sites for hydroxylation is 1. The van der Waals surface area contributed by atoms with Gasteiger partial charge in [-0.05, 0) is 31.0 Å². The fraction of sp³-hybridized carbons (Fsp3) is 0.429. The molecule has 0 unspecified atom stereocenters. The second-order valence-corrected chi connectivity index (χ2v) is 4.55. The lowest BCUT2D eigenvalue weighted by atomic mass is 10.1. The van der Waals surface area contributed by atoms with Crippen molar-refractivity contribution in [2.75, 3.05) is 0 Å². The Hall–Kier alpha value is -1.95. The van der Waals surface area contributed by atoms with Crippen molar-refractivity contribution in [1.82, 2.24) is 14.8 Å². The van der Waals surface area contributed by atoms with E-state index in [0.29, 0.717) is 11.4 Å². The number of aliphatic hydroxyl groups is 1. The minimum absolute atomic E-state index is 0.139. The summed E-state index contributed by atoms with van der Waals surface area (Å²) in [5, 5.41) is 13.5. The van der Waals surface area contributed by atoms with Crippen LogP contribution in [0.4, 0.5) is 4.39 Å². The minimum Gasteiger partial charge on any atom is -0.483 e. The van der Waals surface area contributed by atoms with Gasteiger partial charge in [0.15, 0.2) is 17.4 Å². The van der Waals surface area contributed by atoms with Crippen LogP contribution >= 0.6 is 0 Å². The second kappa shape index (κ2) is 6.47. The molecule has 1 atom stereocenters. The van der Waals surface area contributed by atoms with E-state index in [2.05, 4.69) is 10.1 Å². The molecule has 0 saturated carbocycles. The molecule has 1 aromatic heterocycles. The summed E-state index contributed by atoms with van der Waals surface area (Å²) in [6, 6.07) is 4.43. The molecule has 20 heavy (non-hydrogen) atoms. The average Bonchev–Trinajstić information content (AvgIpc) is 2.85. The summed E-state index contributed by atoms with van der Waals surface area (Å²) in [5.74, 6) is 0.302. The van der Waals surface area contributed by atoms with Crippen molar-refractivity contribution in [2.45, 2.75) is 39.5 Å². The number of ether oxygens (including phenoxy) is 1. The van der Waals surface area contributed by atoms with Gasteiger partial charge in [-0.15, -0.1) is 0 Å². The van der Waals surface area contributed by atoms with Crippen LogP contribution in [-0.2, 0) is 13.2 Å². The van der Waals surface area contributed by atoms with Crippen LogP contribution in [-0.4, -0.2) is 19.9 Å². The van der Waals surface area contributed by atoms with Gasteiger partial charge in [0.2, 0.25) is 0 Å². The van der Waals surface area contributed by atoms with Crippen LogP contribution in [0.2, 0.25) is 0 Å². The lowest BCUT2D eigenvalue weighted by Gasteiger charge is -2.10. The van der Waals surface area contributed by atoms with E-state index in [9.17, 15) is 9.50 Å². The summed E-state index contributed by atoms with van der Waals surface area (Å²) < 4.78 is 21.0. The zero-order valence-corrected chi connectivity index (χ0v) is 11.6. The first kappa shape index (κ1) is 14.5. The van der Waals surface area contributed by atoms with E-state index in [4.69, 9.17) is 4.74 Å². The molecular formula is C14H18FN3O2. The largest absolute Gasteiger partial charge is 0.483 e. The number of halogens is 1. The zero-order valence-electron chi connectivity index (χ0n) is 11.6. The predicted octanol–water partition coefficient (Wildman–Crippen LogP) is 2.46. The molecule has 0 amide bonds. The van der Waals surface area contributed by atoms with Gasteiger partial charge in [0.25, 0.3) is 0 Å². The van der Waals surface area contributed by atoms with Crippen LogP contribution in [0, 0.1) is 5.82 Å². The molecule has 6 heteroatoms. The molecule has 1 N–H and O–H groups in total. The molecule has 0 saturated heterocycles. The van der Waals surface area contributed by atoms with E-state index < -0.39 is 11.9 Å². The SMILES string of the molecule is CCCn1ncnc1COc1ccc([C@H](C)O)cc1F. The van der Waals surface area contributed by atoms with Gasteiger partial charge in [-0.1, -0.05) is 13.0 Å². The Morgan fingerprint density at radius 3 is 2.90 bits per heavy atom. The molecule has 0 fully saturated rings. The van der Waals surface area contributed by atoms with E-state index in [1.165, 1.54) is 18.5 Å². The number of benzene rings is 1. The van der Waals surface area contributed by atoms with Crippen molar-refractivity contribution in [3.63, 3.8) is 0 Å². The fourth-order valence-corrected chi connectivity index (χ4v) is 1.83.